The predicted octanol–water partition coefficient (Wildman–Crippen LogP) is 3.25. The van der Waals surface area contributed by atoms with Gasteiger partial charge in [-0.05, 0) is 43.8 Å². The Balaban J connectivity index is 2.14. The van der Waals surface area contributed by atoms with Crippen LogP contribution in [-0.4, -0.2) is 13.1 Å². The molecule has 0 aromatic heterocycles. The van der Waals surface area contributed by atoms with Crippen LogP contribution in [0.4, 0.5) is 0 Å². The second-order valence-electron chi connectivity index (χ2n) is 4.33. The molecule has 0 aliphatic carbocycles. The van der Waals surface area contributed by atoms with Crippen LogP contribution in [0.5, 0.6) is 0 Å². The Labute approximate surface area is 93.9 Å². The third-order valence-corrected chi connectivity index (χ3v) is 2.69. The molecule has 0 fully saturated rings. The first kappa shape index (κ1) is 12.3. The lowest BCUT2D eigenvalue weighted by Gasteiger charge is -2.11. The molecular weight excluding hydrogens is 182 g/mol. The molecule has 0 aliphatic heterocycles. The van der Waals surface area contributed by atoms with Crippen molar-refractivity contribution in [3.8, 4) is 0 Å². The van der Waals surface area contributed by atoms with Gasteiger partial charge in [-0.25, -0.2) is 0 Å². The number of hydrogen-bond donors (Lipinski definition) is 1. The molecule has 0 bridgehead atoms. The molecular formula is C14H23N. The molecule has 1 nitrogen and oxygen atoms in total. The van der Waals surface area contributed by atoms with Crippen molar-refractivity contribution in [3.63, 3.8) is 0 Å². The quantitative estimate of drug-likeness (QED) is 0.674. The molecule has 0 saturated carbocycles. The molecule has 15 heavy (non-hydrogen) atoms. The summed E-state index contributed by atoms with van der Waals surface area (Å²) in [7, 11) is 0. The van der Waals surface area contributed by atoms with Crippen LogP contribution in [-0.2, 0) is 6.42 Å². The van der Waals surface area contributed by atoms with Crippen LogP contribution in [0.15, 0.2) is 30.3 Å². The minimum atomic E-state index is 0.775. The van der Waals surface area contributed by atoms with Crippen LogP contribution < -0.4 is 5.32 Å². The number of aryl methyl sites for hydroxylation is 1. The predicted molar refractivity (Wildman–Crippen MR) is 67.1 cm³/mol. The Morgan fingerprint density at radius 1 is 1.20 bits per heavy atom. The van der Waals surface area contributed by atoms with Crippen molar-refractivity contribution >= 4 is 0 Å². The Hall–Kier alpha value is -0.820. The lowest BCUT2D eigenvalue weighted by Crippen LogP contribution is -2.22. The van der Waals surface area contributed by atoms with Crippen LogP contribution in [0.2, 0.25) is 0 Å². The summed E-state index contributed by atoms with van der Waals surface area (Å²) in [6.45, 7) is 6.84. The van der Waals surface area contributed by atoms with E-state index in [2.05, 4.69) is 49.5 Å². The van der Waals surface area contributed by atoms with E-state index in [0.29, 0.717) is 0 Å². The average Bonchev–Trinajstić information content (AvgIpc) is 2.28. The van der Waals surface area contributed by atoms with Gasteiger partial charge in [-0.2, -0.15) is 0 Å². The van der Waals surface area contributed by atoms with E-state index in [0.717, 1.165) is 19.0 Å². The Morgan fingerprint density at radius 3 is 2.60 bits per heavy atom. The zero-order chi connectivity index (χ0) is 10.9. The van der Waals surface area contributed by atoms with E-state index in [-0.39, 0.29) is 0 Å². The fourth-order valence-electron chi connectivity index (χ4n) is 1.69. The first-order chi connectivity index (χ1) is 7.33. The van der Waals surface area contributed by atoms with Gasteiger partial charge in [0.15, 0.2) is 0 Å². The minimum absolute atomic E-state index is 0.775. The summed E-state index contributed by atoms with van der Waals surface area (Å²) in [4.78, 5) is 0. The molecule has 1 N–H and O–H groups in total. The molecule has 0 heterocycles. The average molecular weight is 205 g/mol. The van der Waals surface area contributed by atoms with Crippen molar-refractivity contribution in [2.75, 3.05) is 13.1 Å². The molecule has 0 amide bonds. The van der Waals surface area contributed by atoms with Gasteiger partial charge in [0, 0.05) is 0 Å². The number of benzene rings is 1. The van der Waals surface area contributed by atoms with Crippen LogP contribution in [0, 0.1) is 5.92 Å². The van der Waals surface area contributed by atoms with Crippen molar-refractivity contribution in [2.45, 2.75) is 33.1 Å². The maximum Gasteiger partial charge on any atom is -0.00230 e. The molecule has 1 heteroatoms. The highest BCUT2D eigenvalue weighted by Crippen LogP contribution is 2.08. The largest absolute Gasteiger partial charge is 0.316 e. The third-order valence-electron chi connectivity index (χ3n) is 2.69. The third kappa shape index (κ3) is 5.58. The lowest BCUT2D eigenvalue weighted by molar-refractivity contribution is 0.481. The zero-order valence-electron chi connectivity index (χ0n) is 10.00. The minimum Gasteiger partial charge on any atom is -0.316 e. The fraction of sp³-hybridized carbons (Fsp3) is 0.571. The molecule has 1 rings (SSSR count). The highest BCUT2D eigenvalue weighted by atomic mass is 14.8. The maximum absolute atomic E-state index is 3.47. The smallest absolute Gasteiger partial charge is 0.00230 e. The molecule has 1 atom stereocenters. The highest BCUT2D eigenvalue weighted by Gasteiger charge is 2.01. The van der Waals surface area contributed by atoms with Gasteiger partial charge in [-0.15, -0.1) is 0 Å². The van der Waals surface area contributed by atoms with Crippen molar-refractivity contribution in [1.29, 1.82) is 0 Å². The molecule has 1 unspecified atom stereocenters. The summed E-state index contributed by atoms with van der Waals surface area (Å²) in [5, 5.41) is 3.47. The number of rotatable bonds is 7. The van der Waals surface area contributed by atoms with E-state index in [1.54, 1.807) is 0 Å². The van der Waals surface area contributed by atoms with Crippen molar-refractivity contribution in [3.05, 3.63) is 35.9 Å². The molecule has 0 aliphatic rings. The van der Waals surface area contributed by atoms with Gasteiger partial charge in [0.25, 0.3) is 0 Å². The highest BCUT2D eigenvalue weighted by molar-refractivity contribution is 5.14. The van der Waals surface area contributed by atoms with Gasteiger partial charge >= 0.3 is 0 Å². The second kappa shape index (κ2) is 7.47. The number of hydrogen-bond acceptors (Lipinski definition) is 1. The molecule has 0 saturated heterocycles. The van der Waals surface area contributed by atoms with Gasteiger partial charge in [-0.3, -0.25) is 0 Å². The SMILES string of the molecule is CCCNCC(C)CCc1ccccc1. The van der Waals surface area contributed by atoms with Gasteiger partial charge in [-0.1, -0.05) is 44.2 Å². The summed E-state index contributed by atoms with van der Waals surface area (Å²) in [5.41, 5.74) is 1.46. The van der Waals surface area contributed by atoms with Crippen molar-refractivity contribution in [1.82, 2.24) is 5.32 Å². The molecule has 84 valence electrons. The molecule has 1 aromatic rings. The summed E-state index contributed by atoms with van der Waals surface area (Å²) in [5.74, 6) is 0.775. The molecule has 0 spiro atoms. The summed E-state index contributed by atoms with van der Waals surface area (Å²) >= 11 is 0. The van der Waals surface area contributed by atoms with E-state index >= 15 is 0 Å². The summed E-state index contributed by atoms with van der Waals surface area (Å²) in [6.07, 6.45) is 3.71. The molecule has 0 radical (unpaired) electrons. The Kier molecular flexibility index (Phi) is 6.10. The van der Waals surface area contributed by atoms with Crippen molar-refractivity contribution in [2.24, 2.45) is 5.92 Å². The van der Waals surface area contributed by atoms with E-state index in [1.807, 2.05) is 0 Å². The fourth-order valence-corrected chi connectivity index (χ4v) is 1.69. The summed E-state index contributed by atoms with van der Waals surface area (Å²) < 4.78 is 0. The number of nitrogens with one attached hydrogen (secondary N) is 1. The van der Waals surface area contributed by atoms with Crippen LogP contribution >= 0.6 is 0 Å². The van der Waals surface area contributed by atoms with Crippen LogP contribution in [0.3, 0.4) is 0 Å². The first-order valence-electron chi connectivity index (χ1n) is 6.07. The van der Waals surface area contributed by atoms with E-state index in [9.17, 15) is 0 Å². The summed E-state index contributed by atoms with van der Waals surface area (Å²) in [6, 6.07) is 10.7. The Bertz CT molecular complexity index is 243. The first-order valence-corrected chi connectivity index (χ1v) is 6.07. The topological polar surface area (TPSA) is 12.0 Å². The van der Waals surface area contributed by atoms with E-state index in [1.165, 1.54) is 24.8 Å². The zero-order valence-corrected chi connectivity index (χ0v) is 10.00. The lowest BCUT2D eigenvalue weighted by atomic mass is 10.0. The van der Waals surface area contributed by atoms with Gasteiger partial charge < -0.3 is 5.32 Å². The van der Waals surface area contributed by atoms with Gasteiger partial charge in [0.05, 0.1) is 0 Å². The molecule has 1 aromatic carbocycles. The van der Waals surface area contributed by atoms with E-state index < -0.39 is 0 Å². The second-order valence-corrected chi connectivity index (χ2v) is 4.33. The van der Waals surface area contributed by atoms with Crippen molar-refractivity contribution < 1.29 is 0 Å². The van der Waals surface area contributed by atoms with Crippen LogP contribution in [0.1, 0.15) is 32.3 Å². The van der Waals surface area contributed by atoms with Crippen LogP contribution in [0.25, 0.3) is 0 Å². The maximum atomic E-state index is 3.47. The van der Waals surface area contributed by atoms with E-state index in [4.69, 9.17) is 0 Å². The monoisotopic (exact) mass is 205 g/mol. The Morgan fingerprint density at radius 2 is 1.93 bits per heavy atom. The standard InChI is InChI=1S/C14H23N/c1-3-11-15-12-13(2)9-10-14-7-5-4-6-8-14/h4-8,13,15H,3,9-12H2,1-2H3. The normalized spacial score (nSPS) is 12.7. The van der Waals surface area contributed by atoms with Gasteiger partial charge in [0.1, 0.15) is 0 Å². The van der Waals surface area contributed by atoms with Gasteiger partial charge in [0.2, 0.25) is 0 Å².